The maximum Gasteiger partial charge on any atom is 0.317 e. The van der Waals surface area contributed by atoms with Gasteiger partial charge in [0.1, 0.15) is 5.75 Å². The van der Waals surface area contributed by atoms with Crippen LogP contribution in [0.4, 0.5) is 9.93 Å². The largest absolute Gasteiger partial charge is 0.497 e. The molecule has 0 atom stereocenters. The van der Waals surface area contributed by atoms with Crippen molar-refractivity contribution in [2.24, 2.45) is 0 Å². The molecule has 2 amide bonds. The number of anilines is 1. The molecular weight excluding hydrogens is 384 g/mol. The Morgan fingerprint density at radius 3 is 2.59 bits per heavy atom. The SMILES string of the molecule is COc1ccc(CCNC(=O)N2CCN(c3nc4c(C)cccc4s3)CC2)cc1. The lowest BCUT2D eigenvalue weighted by Crippen LogP contribution is -2.52. The van der Waals surface area contributed by atoms with Crippen LogP contribution in [0.3, 0.4) is 0 Å². The van der Waals surface area contributed by atoms with Gasteiger partial charge < -0.3 is 19.9 Å². The molecule has 0 radical (unpaired) electrons. The fourth-order valence-electron chi connectivity index (χ4n) is 3.53. The van der Waals surface area contributed by atoms with Gasteiger partial charge in [0.05, 0.1) is 17.3 Å². The minimum absolute atomic E-state index is 0.0123. The Bertz CT molecular complexity index is 978. The van der Waals surface area contributed by atoms with E-state index in [1.807, 2.05) is 29.2 Å². The molecule has 0 spiro atoms. The van der Waals surface area contributed by atoms with Crippen molar-refractivity contribution >= 4 is 32.7 Å². The number of para-hydroxylation sites is 1. The number of carbonyl (C=O) groups excluding carboxylic acids is 1. The molecule has 0 saturated carbocycles. The number of thiazole rings is 1. The predicted molar refractivity (Wildman–Crippen MR) is 118 cm³/mol. The van der Waals surface area contributed by atoms with Crippen LogP contribution in [-0.4, -0.2) is 55.7 Å². The number of methoxy groups -OCH3 is 1. The second-order valence-corrected chi connectivity index (χ2v) is 8.23. The second-order valence-electron chi connectivity index (χ2n) is 7.22. The molecule has 1 N–H and O–H groups in total. The van der Waals surface area contributed by atoms with Gasteiger partial charge in [-0.15, -0.1) is 0 Å². The Morgan fingerprint density at radius 2 is 1.90 bits per heavy atom. The maximum absolute atomic E-state index is 12.5. The highest BCUT2D eigenvalue weighted by Crippen LogP contribution is 2.30. The van der Waals surface area contributed by atoms with E-state index in [2.05, 4.69) is 35.3 Å². The number of hydrogen-bond acceptors (Lipinski definition) is 5. The molecule has 0 aliphatic carbocycles. The highest BCUT2D eigenvalue weighted by Gasteiger charge is 2.23. The molecule has 1 saturated heterocycles. The summed E-state index contributed by atoms with van der Waals surface area (Å²) < 4.78 is 6.39. The third-order valence-corrected chi connectivity index (χ3v) is 6.38. The number of aromatic nitrogens is 1. The van der Waals surface area contributed by atoms with E-state index in [9.17, 15) is 4.79 Å². The highest BCUT2D eigenvalue weighted by atomic mass is 32.1. The molecule has 2 aromatic carbocycles. The molecule has 6 nitrogen and oxygen atoms in total. The average molecular weight is 411 g/mol. The first-order chi connectivity index (χ1) is 14.1. The maximum atomic E-state index is 12.5. The van der Waals surface area contributed by atoms with Crippen molar-refractivity contribution in [2.45, 2.75) is 13.3 Å². The predicted octanol–water partition coefficient (Wildman–Crippen LogP) is 3.69. The van der Waals surface area contributed by atoms with Crippen LogP contribution in [0.15, 0.2) is 42.5 Å². The highest BCUT2D eigenvalue weighted by molar-refractivity contribution is 7.22. The smallest absolute Gasteiger partial charge is 0.317 e. The summed E-state index contributed by atoms with van der Waals surface area (Å²) in [6, 6.07) is 14.3. The van der Waals surface area contributed by atoms with Crippen molar-refractivity contribution in [2.75, 3.05) is 44.7 Å². The number of benzene rings is 2. The van der Waals surface area contributed by atoms with E-state index < -0.39 is 0 Å². The van der Waals surface area contributed by atoms with Gasteiger partial charge in [-0.3, -0.25) is 0 Å². The minimum atomic E-state index is 0.0123. The minimum Gasteiger partial charge on any atom is -0.497 e. The monoisotopic (exact) mass is 410 g/mol. The van der Waals surface area contributed by atoms with Crippen LogP contribution >= 0.6 is 11.3 Å². The van der Waals surface area contributed by atoms with Crippen LogP contribution in [0.5, 0.6) is 5.75 Å². The summed E-state index contributed by atoms with van der Waals surface area (Å²) in [6.07, 6.45) is 0.806. The fourth-order valence-corrected chi connectivity index (χ4v) is 4.62. The zero-order chi connectivity index (χ0) is 20.2. The van der Waals surface area contributed by atoms with Gasteiger partial charge in [-0.2, -0.15) is 0 Å². The van der Waals surface area contributed by atoms with Gasteiger partial charge in [0, 0.05) is 32.7 Å². The summed E-state index contributed by atoms with van der Waals surface area (Å²) >= 11 is 1.73. The molecule has 0 bridgehead atoms. The lowest BCUT2D eigenvalue weighted by molar-refractivity contribution is 0.194. The van der Waals surface area contributed by atoms with Gasteiger partial charge >= 0.3 is 6.03 Å². The van der Waals surface area contributed by atoms with Gasteiger partial charge in [-0.1, -0.05) is 35.6 Å². The summed E-state index contributed by atoms with van der Waals surface area (Å²) in [5.74, 6) is 0.846. The zero-order valence-corrected chi connectivity index (χ0v) is 17.7. The number of nitrogens with zero attached hydrogens (tertiary/aromatic N) is 3. The number of rotatable bonds is 5. The van der Waals surface area contributed by atoms with E-state index in [-0.39, 0.29) is 6.03 Å². The molecule has 1 aliphatic rings. The normalized spacial score (nSPS) is 14.3. The first kappa shape index (κ1) is 19.5. The van der Waals surface area contributed by atoms with Crippen molar-refractivity contribution in [1.82, 2.24) is 15.2 Å². The number of ether oxygens (including phenoxy) is 1. The van der Waals surface area contributed by atoms with Gasteiger partial charge in [0.2, 0.25) is 0 Å². The van der Waals surface area contributed by atoms with Crippen LogP contribution in [0, 0.1) is 6.92 Å². The molecule has 4 rings (SSSR count). The quantitative estimate of drug-likeness (QED) is 0.697. The van der Waals surface area contributed by atoms with Crippen LogP contribution < -0.4 is 15.0 Å². The van der Waals surface area contributed by atoms with E-state index in [4.69, 9.17) is 9.72 Å². The third-order valence-electron chi connectivity index (χ3n) is 5.30. The number of urea groups is 1. The molecule has 3 aromatic rings. The fraction of sp³-hybridized carbons (Fsp3) is 0.364. The van der Waals surface area contributed by atoms with Crippen LogP contribution in [-0.2, 0) is 6.42 Å². The van der Waals surface area contributed by atoms with Crippen molar-refractivity contribution in [3.63, 3.8) is 0 Å². The van der Waals surface area contributed by atoms with Crippen molar-refractivity contribution in [3.8, 4) is 5.75 Å². The molecule has 152 valence electrons. The van der Waals surface area contributed by atoms with E-state index in [0.717, 1.165) is 35.9 Å². The number of amides is 2. The summed E-state index contributed by atoms with van der Waals surface area (Å²) in [4.78, 5) is 21.5. The lowest BCUT2D eigenvalue weighted by atomic mass is 10.1. The van der Waals surface area contributed by atoms with Gasteiger partial charge in [0.15, 0.2) is 5.13 Å². The molecule has 1 fully saturated rings. The number of fused-ring (bicyclic) bond motifs is 1. The van der Waals surface area contributed by atoms with E-state index in [0.29, 0.717) is 19.6 Å². The molecular formula is C22H26N4O2S. The van der Waals surface area contributed by atoms with Gasteiger partial charge in [-0.05, 0) is 42.7 Å². The van der Waals surface area contributed by atoms with E-state index in [1.54, 1.807) is 18.4 Å². The van der Waals surface area contributed by atoms with Crippen molar-refractivity contribution < 1.29 is 9.53 Å². The van der Waals surface area contributed by atoms with Gasteiger partial charge in [0.25, 0.3) is 0 Å². The van der Waals surface area contributed by atoms with Crippen LogP contribution in [0.1, 0.15) is 11.1 Å². The Morgan fingerprint density at radius 1 is 1.14 bits per heavy atom. The van der Waals surface area contributed by atoms with Crippen molar-refractivity contribution in [1.29, 1.82) is 0 Å². The third kappa shape index (κ3) is 4.45. The Hall–Kier alpha value is -2.80. The number of piperazine rings is 1. The average Bonchev–Trinajstić information content (AvgIpc) is 3.20. The summed E-state index contributed by atoms with van der Waals surface area (Å²) in [5.41, 5.74) is 3.48. The number of hydrogen-bond donors (Lipinski definition) is 1. The number of nitrogens with one attached hydrogen (secondary N) is 1. The molecule has 1 aromatic heterocycles. The number of aryl methyl sites for hydroxylation is 1. The van der Waals surface area contributed by atoms with Crippen molar-refractivity contribution in [3.05, 3.63) is 53.6 Å². The van der Waals surface area contributed by atoms with Crippen LogP contribution in [0.2, 0.25) is 0 Å². The molecule has 29 heavy (non-hydrogen) atoms. The molecule has 1 aliphatic heterocycles. The van der Waals surface area contributed by atoms with E-state index >= 15 is 0 Å². The Labute approximate surface area is 175 Å². The Balaban J connectivity index is 1.26. The molecule has 7 heteroatoms. The first-order valence-electron chi connectivity index (χ1n) is 9.91. The summed E-state index contributed by atoms with van der Waals surface area (Å²) in [7, 11) is 1.66. The lowest BCUT2D eigenvalue weighted by Gasteiger charge is -2.34. The molecule has 0 unspecified atom stereocenters. The van der Waals surface area contributed by atoms with Gasteiger partial charge in [-0.25, -0.2) is 9.78 Å². The molecule has 2 heterocycles. The first-order valence-corrected chi connectivity index (χ1v) is 10.7. The second kappa shape index (κ2) is 8.69. The Kier molecular flexibility index (Phi) is 5.85. The van der Waals surface area contributed by atoms with Crippen LogP contribution in [0.25, 0.3) is 10.2 Å². The number of carbonyl (C=O) groups is 1. The topological polar surface area (TPSA) is 57.7 Å². The zero-order valence-electron chi connectivity index (χ0n) is 16.9. The summed E-state index contributed by atoms with van der Waals surface area (Å²) in [5, 5.41) is 4.09. The summed E-state index contributed by atoms with van der Waals surface area (Å²) in [6.45, 7) is 5.77. The standard InChI is InChI=1S/C22H26N4O2S/c1-16-4-3-5-19-20(16)24-22(29-19)26-14-12-25(13-15-26)21(27)23-11-10-17-6-8-18(28-2)9-7-17/h3-9H,10-15H2,1-2H3,(H,23,27). The van der Waals surface area contributed by atoms with E-state index in [1.165, 1.54) is 15.8 Å².